The van der Waals surface area contributed by atoms with Crippen LogP contribution in [0.2, 0.25) is 0 Å². The Hall–Kier alpha value is -3.15. The number of amides is 2. The second-order valence-corrected chi connectivity index (χ2v) is 13.6. The van der Waals surface area contributed by atoms with E-state index in [1.165, 1.54) is 18.2 Å². The number of benzene rings is 1. The van der Waals surface area contributed by atoms with Gasteiger partial charge in [-0.2, -0.15) is 0 Å². The van der Waals surface area contributed by atoms with Gasteiger partial charge in [0.15, 0.2) is 0 Å². The summed E-state index contributed by atoms with van der Waals surface area (Å²) in [6, 6.07) is 8.87. The zero-order valence-electron chi connectivity index (χ0n) is 24.2. The smallest absolute Gasteiger partial charge is 0.272 e. The first-order valence-electron chi connectivity index (χ1n) is 14.5. The van der Waals surface area contributed by atoms with Crippen LogP contribution in [0.1, 0.15) is 78.5 Å². The molecule has 1 saturated heterocycles. The highest BCUT2D eigenvalue weighted by atomic mass is 32.1. The molecule has 1 saturated carbocycles. The minimum atomic E-state index is -2.63. The molecule has 226 valence electrons. The van der Waals surface area contributed by atoms with Crippen LogP contribution in [0.15, 0.2) is 43.0 Å². The molecule has 0 atom stereocenters. The van der Waals surface area contributed by atoms with E-state index in [1.807, 2.05) is 36.9 Å². The van der Waals surface area contributed by atoms with Crippen LogP contribution in [0.5, 0.6) is 0 Å². The summed E-state index contributed by atoms with van der Waals surface area (Å²) in [5, 5.41) is 15.9. The van der Waals surface area contributed by atoms with Crippen molar-refractivity contribution in [1.82, 2.24) is 19.8 Å². The fourth-order valence-corrected chi connectivity index (χ4v) is 6.96. The van der Waals surface area contributed by atoms with Gasteiger partial charge in [-0.1, -0.05) is 26.5 Å². The van der Waals surface area contributed by atoms with Gasteiger partial charge in [0.2, 0.25) is 11.9 Å². The molecule has 2 amide bonds. The SMILES string of the molecule is C=CC(=O)N1CCC2(CCC(n3c(NC(=O)c4ccc(C(F)F)s4)nc4cc(CNCC(C)(C)CO)ccc43)CC2)C1. The molecular formula is C31H39F2N5O3S. The van der Waals surface area contributed by atoms with Crippen molar-refractivity contribution in [1.29, 1.82) is 0 Å². The third kappa shape index (κ3) is 6.43. The van der Waals surface area contributed by atoms with Crippen LogP contribution in [-0.2, 0) is 11.3 Å². The Bertz CT molecular complexity index is 1460. The average molecular weight is 600 g/mol. The van der Waals surface area contributed by atoms with Crippen LogP contribution in [0.3, 0.4) is 0 Å². The van der Waals surface area contributed by atoms with E-state index in [1.54, 1.807) is 0 Å². The minimum Gasteiger partial charge on any atom is -0.396 e. The third-order valence-electron chi connectivity index (χ3n) is 8.71. The minimum absolute atomic E-state index is 0.0200. The Morgan fingerprint density at radius 2 is 2.00 bits per heavy atom. The van der Waals surface area contributed by atoms with Gasteiger partial charge in [0, 0.05) is 44.2 Å². The molecule has 1 aliphatic heterocycles. The largest absolute Gasteiger partial charge is 0.396 e. The van der Waals surface area contributed by atoms with E-state index in [0.717, 1.165) is 73.1 Å². The molecule has 5 rings (SSSR count). The Balaban J connectivity index is 1.39. The summed E-state index contributed by atoms with van der Waals surface area (Å²) >= 11 is 0.785. The maximum Gasteiger partial charge on any atom is 0.272 e. The average Bonchev–Trinajstić information content (AvgIpc) is 3.71. The van der Waals surface area contributed by atoms with Crippen LogP contribution < -0.4 is 10.6 Å². The van der Waals surface area contributed by atoms with Gasteiger partial charge in [0.05, 0.1) is 20.8 Å². The van der Waals surface area contributed by atoms with Crippen molar-refractivity contribution in [2.45, 2.75) is 65.0 Å². The van der Waals surface area contributed by atoms with E-state index in [4.69, 9.17) is 4.98 Å². The van der Waals surface area contributed by atoms with E-state index in [0.29, 0.717) is 19.0 Å². The van der Waals surface area contributed by atoms with Crippen LogP contribution in [0.25, 0.3) is 11.0 Å². The van der Waals surface area contributed by atoms with Crippen molar-refractivity contribution >= 4 is 40.1 Å². The third-order valence-corrected chi connectivity index (χ3v) is 9.80. The zero-order chi connectivity index (χ0) is 30.1. The number of nitrogens with one attached hydrogen (secondary N) is 2. The molecule has 3 aromatic rings. The number of aliphatic hydroxyl groups excluding tert-OH is 1. The molecule has 3 N–H and O–H groups in total. The standard InChI is InChI=1S/C31H39F2N5O3S/c1-4-26(40)37-14-13-31(18-37)11-9-21(10-12-31)38-23-6-5-20(16-34-17-30(2,3)19-39)15-22(23)35-29(38)36-28(41)25-8-7-24(42-25)27(32)33/h4-8,15,21,27,34,39H,1,9-14,16-19H2,2-3H3,(H,35,36,41). The fourth-order valence-electron chi connectivity index (χ4n) is 6.20. The zero-order valence-corrected chi connectivity index (χ0v) is 25.0. The maximum absolute atomic E-state index is 13.2. The predicted octanol–water partition coefficient (Wildman–Crippen LogP) is 5.92. The molecule has 8 nitrogen and oxygen atoms in total. The van der Waals surface area contributed by atoms with Crippen LogP contribution in [-0.4, -0.2) is 57.6 Å². The molecule has 1 spiro atoms. The Kier molecular flexibility index (Phi) is 8.82. The molecule has 1 aromatic carbocycles. The van der Waals surface area contributed by atoms with Gasteiger partial charge in [-0.3, -0.25) is 14.9 Å². The fraction of sp³-hybridized carbons (Fsp3) is 0.516. The number of carbonyl (C=O) groups excluding carboxylic acids is 2. The molecule has 11 heteroatoms. The van der Waals surface area contributed by atoms with Crippen LogP contribution >= 0.6 is 11.3 Å². The lowest BCUT2D eigenvalue weighted by Gasteiger charge is -2.38. The molecular weight excluding hydrogens is 560 g/mol. The quantitative estimate of drug-likeness (QED) is 0.252. The van der Waals surface area contributed by atoms with Crippen molar-refractivity contribution in [2.75, 3.05) is 31.6 Å². The summed E-state index contributed by atoms with van der Waals surface area (Å²) in [4.78, 5) is 32.1. The number of hydrogen-bond donors (Lipinski definition) is 3. The number of aliphatic hydroxyl groups is 1. The van der Waals surface area contributed by atoms with Gasteiger partial charge in [-0.05, 0) is 73.4 Å². The molecule has 42 heavy (non-hydrogen) atoms. The number of halogens is 2. The Morgan fingerprint density at radius 3 is 2.67 bits per heavy atom. The van der Waals surface area contributed by atoms with E-state index < -0.39 is 12.3 Å². The van der Waals surface area contributed by atoms with Crippen molar-refractivity contribution in [2.24, 2.45) is 10.8 Å². The number of alkyl halides is 2. The normalized spacial score (nSPS) is 21.0. The first-order chi connectivity index (χ1) is 20.0. The van der Waals surface area contributed by atoms with E-state index >= 15 is 0 Å². The number of carbonyl (C=O) groups is 2. The molecule has 1 aliphatic carbocycles. The first kappa shape index (κ1) is 30.3. The number of aromatic nitrogens is 2. The van der Waals surface area contributed by atoms with Crippen LogP contribution in [0.4, 0.5) is 14.7 Å². The number of fused-ring (bicyclic) bond motifs is 1. The molecule has 0 unspecified atom stereocenters. The number of imidazole rings is 1. The van der Waals surface area contributed by atoms with Gasteiger partial charge in [-0.15, -0.1) is 11.3 Å². The van der Waals surface area contributed by atoms with E-state index in [-0.39, 0.29) is 39.1 Å². The van der Waals surface area contributed by atoms with Crippen molar-refractivity contribution in [3.8, 4) is 0 Å². The number of nitrogens with zero attached hydrogens (tertiary/aromatic N) is 3. The summed E-state index contributed by atoms with van der Waals surface area (Å²) in [5.74, 6) is -0.0732. The predicted molar refractivity (Wildman–Crippen MR) is 161 cm³/mol. The van der Waals surface area contributed by atoms with Gasteiger partial charge in [0.1, 0.15) is 0 Å². The lowest BCUT2D eigenvalue weighted by molar-refractivity contribution is -0.125. The van der Waals surface area contributed by atoms with Gasteiger partial charge in [0.25, 0.3) is 12.3 Å². The topological polar surface area (TPSA) is 99.5 Å². The van der Waals surface area contributed by atoms with Gasteiger partial charge < -0.3 is 19.9 Å². The maximum atomic E-state index is 13.2. The summed E-state index contributed by atoms with van der Waals surface area (Å²) in [7, 11) is 0. The van der Waals surface area contributed by atoms with E-state index in [2.05, 4.69) is 21.8 Å². The van der Waals surface area contributed by atoms with Crippen LogP contribution in [0, 0.1) is 10.8 Å². The van der Waals surface area contributed by atoms with Gasteiger partial charge in [-0.25, -0.2) is 13.8 Å². The lowest BCUT2D eigenvalue weighted by atomic mass is 9.72. The molecule has 2 aromatic heterocycles. The highest BCUT2D eigenvalue weighted by molar-refractivity contribution is 7.14. The summed E-state index contributed by atoms with van der Waals surface area (Å²) in [6.07, 6.45) is 3.39. The molecule has 0 radical (unpaired) electrons. The second kappa shape index (κ2) is 12.2. The highest BCUT2D eigenvalue weighted by Crippen LogP contribution is 2.48. The molecule has 2 fully saturated rings. The number of thiophene rings is 1. The van der Waals surface area contributed by atoms with Crippen molar-refractivity contribution in [3.05, 3.63) is 58.3 Å². The van der Waals surface area contributed by atoms with E-state index in [9.17, 15) is 23.5 Å². The summed E-state index contributed by atoms with van der Waals surface area (Å²) < 4.78 is 28.4. The number of hydrogen-bond acceptors (Lipinski definition) is 6. The highest BCUT2D eigenvalue weighted by Gasteiger charge is 2.42. The molecule has 0 bridgehead atoms. The second-order valence-electron chi connectivity index (χ2n) is 12.5. The summed E-state index contributed by atoms with van der Waals surface area (Å²) in [5.41, 5.74) is 2.54. The van der Waals surface area contributed by atoms with Gasteiger partial charge >= 0.3 is 0 Å². The van der Waals surface area contributed by atoms with Crippen molar-refractivity contribution in [3.63, 3.8) is 0 Å². The number of anilines is 1. The molecule has 2 aliphatic rings. The Labute approximate surface area is 248 Å². The van der Waals surface area contributed by atoms with Crippen molar-refractivity contribution < 1.29 is 23.5 Å². The molecule has 3 heterocycles. The lowest BCUT2D eigenvalue weighted by Crippen LogP contribution is -2.34. The number of rotatable bonds is 10. The number of likely N-dealkylation sites (tertiary alicyclic amines) is 1. The Morgan fingerprint density at radius 1 is 1.24 bits per heavy atom. The first-order valence-corrected chi connectivity index (χ1v) is 15.3. The summed E-state index contributed by atoms with van der Waals surface area (Å²) in [6.45, 7) is 10.4. The monoisotopic (exact) mass is 599 g/mol.